The predicted molar refractivity (Wildman–Crippen MR) is 93.8 cm³/mol. The Bertz CT molecular complexity index is 862. The van der Waals surface area contributed by atoms with Crippen molar-refractivity contribution in [2.45, 2.75) is 17.7 Å². The normalized spacial score (nSPS) is 15.4. The molecule has 2 aromatic carbocycles. The van der Waals surface area contributed by atoms with E-state index in [2.05, 4.69) is 5.32 Å². The number of rotatable bonds is 4. The van der Waals surface area contributed by atoms with Gasteiger partial charge in [0.1, 0.15) is 0 Å². The summed E-state index contributed by atoms with van der Waals surface area (Å²) < 4.78 is 26.7. The van der Waals surface area contributed by atoms with E-state index in [4.69, 9.17) is 11.6 Å². The molecule has 5 nitrogen and oxygen atoms in total. The third kappa shape index (κ3) is 3.45. The summed E-state index contributed by atoms with van der Waals surface area (Å²) in [6, 6.07) is 13.0. The predicted octanol–water partition coefficient (Wildman–Crippen LogP) is 3.38. The summed E-state index contributed by atoms with van der Waals surface area (Å²) in [6.07, 6.45) is 1.75. The van der Waals surface area contributed by atoms with Crippen LogP contribution in [0.2, 0.25) is 5.02 Å². The maximum atomic E-state index is 12.6. The van der Waals surface area contributed by atoms with Crippen LogP contribution in [0.5, 0.6) is 0 Å². The minimum atomic E-state index is -3.51. The maximum absolute atomic E-state index is 12.6. The highest BCUT2D eigenvalue weighted by atomic mass is 35.5. The second-order valence-electron chi connectivity index (χ2n) is 5.57. The number of nitrogens with one attached hydrogen (secondary N) is 1. The third-order valence-corrected chi connectivity index (χ3v) is 6.14. The van der Waals surface area contributed by atoms with E-state index in [-0.39, 0.29) is 10.8 Å². The molecule has 2 aromatic rings. The van der Waals surface area contributed by atoms with Crippen LogP contribution in [0, 0.1) is 0 Å². The highest BCUT2D eigenvalue weighted by Gasteiger charge is 2.27. The van der Waals surface area contributed by atoms with Crippen molar-refractivity contribution in [1.82, 2.24) is 4.31 Å². The van der Waals surface area contributed by atoms with Gasteiger partial charge in [0.2, 0.25) is 10.0 Å². The number of carbonyl (C=O) groups is 1. The number of amides is 1. The number of benzene rings is 2. The Labute approximate surface area is 146 Å². The number of nitrogens with zero attached hydrogens (tertiary/aromatic N) is 1. The topological polar surface area (TPSA) is 66.5 Å². The Morgan fingerprint density at radius 2 is 1.75 bits per heavy atom. The van der Waals surface area contributed by atoms with E-state index in [1.165, 1.54) is 10.4 Å². The SMILES string of the molecule is O=C(Nc1cccc(S(=O)(=O)N2CCCC2)c1)c1ccccc1Cl. The molecule has 1 heterocycles. The second kappa shape index (κ2) is 6.93. The molecule has 7 heteroatoms. The number of hydrogen-bond acceptors (Lipinski definition) is 3. The fraction of sp³-hybridized carbons (Fsp3) is 0.235. The Morgan fingerprint density at radius 3 is 2.46 bits per heavy atom. The zero-order valence-electron chi connectivity index (χ0n) is 12.9. The van der Waals surface area contributed by atoms with E-state index in [1.54, 1.807) is 42.5 Å². The molecule has 24 heavy (non-hydrogen) atoms. The quantitative estimate of drug-likeness (QED) is 0.904. The molecule has 1 saturated heterocycles. The van der Waals surface area contributed by atoms with Crippen molar-refractivity contribution < 1.29 is 13.2 Å². The van der Waals surface area contributed by atoms with Gasteiger partial charge in [0.15, 0.2) is 0 Å². The lowest BCUT2D eigenvalue weighted by Gasteiger charge is -2.16. The van der Waals surface area contributed by atoms with E-state index >= 15 is 0 Å². The van der Waals surface area contributed by atoms with Crippen LogP contribution in [0.3, 0.4) is 0 Å². The Hall–Kier alpha value is -1.89. The van der Waals surface area contributed by atoms with Gasteiger partial charge in [-0.2, -0.15) is 4.31 Å². The highest BCUT2D eigenvalue weighted by Crippen LogP contribution is 2.24. The summed E-state index contributed by atoms with van der Waals surface area (Å²) in [5.41, 5.74) is 0.757. The van der Waals surface area contributed by atoms with Crippen molar-refractivity contribution in [3.8, 4) is 0 Å². The van der Waals surface area contributed by atoms with Crippen LogP contribution in [0.1, 0.15) is 23.2 Å². The minimum Gasteiger partial charge on any atom is -0.322 e. The van der Waals surface area contributed by atoms with Crippen molar-refractivity contribution in [3.63, 3.8) is 0 Å². The van der Waals surface area contributed by atoms with Crippen molar-refractivity contribution in [2.24, 2.45) is 0 Å². The lowest BCUT2D eigenvalue weighted by atomic mass is 10.2. The Morgan fingerprint density at radius 1 is 1.04 bits per heavy atom. The first-order valence-corrected chi connectivity index (χ1v) is 9.46. The van der Waals surface area contributed by atoms with Crippen molar-refractivity contribution in [2.75, 3.05) is 18.4 Å². The van der Waals surface area contributed by atoms with Crippen LogP contribution < -0.4 is 5.32 Å². The van der Waals surface area contributed by atoms with Gasteiger partial charge in [-0.1, -0.05) is 29.8 Å². The molecule has 3 rings (SSSR count). The summed E-state index contributed by atoms with van der Waals surface area (Å²) in [4.78, 5) is 12.5. The molecule has 126 valence electrons. The number of anilines is 1. The van der Waals surface area contributed by atoms with Gasteiger partial charge in [0.25, 0.3) is 5.91 Å². The molecule has 0 atom stereocenters. The molecule has 0 aromatic heterocycles. The average Bonchev–Trinajstić information content (AvgIpc) is 3.11. The Balaban J connectivity index is 1.83. The number of sulfonamides is 1. The monoisotopic (exact) mass is 364 g/mol. The standard InChI is InChI=1S/C17H17ClN2O3S/c18-16-9-2-1-8-15(16)17(21)19-13-6-5-7-14(12-13)24(22,23)20-10-3-4-11-20/h1-2,5-9,12H,3-4,10-11H2,(H,19,21). The van der Waals surface area contributed by atoms with E-state index in [0.29, 0.717) is 29.4 Å². The van der Waals surface area contributed by atoms with Gasteiger partial charge >= 0.3 is 0 Å². The summed E-state index contributed by atoms with van der Waals surface area (Å²) >= 11 is 6.01. The molecule has 0 aliphatic carbocycles. The molecule has 0 saturated carbocycles. The molecule has 0 unspecified atom stereocenters. The minimum absolute atomic E-state index is 0.182. The first-order chi connectivity index (χ1) is 11.5. The van der Waals surface area contributed by atoms with Gasteiger partial charge in [-0.3, -0.25) is 4.79 Å². The molecular formula is C17H17ClN2O3S. The van der Waals surface area contributed by atoms with Gasteiger partial charge in [-0.15, -0.1) is 0 Å². The zero-order valence-corrected chi connectivity index (χ0v) is 14.5. The molecule has 1 fully saturated rings. The van der Waals surface area contributed by atoms with Gasteiger partial charge < -0.3 is 5.32 Å². The molecule has 0 spiro atoms. The Kier molecular flexibility index (Phi) is 4.89. The first-order valence-electron chi connectivity index (χ1n) is 7.64. The lowest BCUT2D eigenvalue weighted by molar-refractivity contribution is 0.102. The van der Waals surface area contributed by atoms with E-state index in [9.17, 15) is 13.2 Å². The highest BCUT2D eigenvalue weighted by molar-refractivity contribution is 7.89. The van der Waals surface area contributed by atoms with Crippen LogP contribution in [0.4, 0.5) is 5.69 Å². The average molecular weight is 365 g/mol. The number of carbonyl (C=O) groups excluding carboxylic acids is 1. The van der Waals surface area contributed by atoms with E-state index in [0.717, 1.165) is 12.8 Å². The van der Waals surface area contributed by atoms with Crippen molar-refractivity contribution in [3.05, 3.63) is 59.1 Å². The molecule has 0 bridgehead atoms. The van der Waals surface area contributed by atoms with Crippen LogP contribution >= 0.6 is 11.6 Å². The number of halogens is 1. The van der Waals surface area contributed by atoms with Gasteiger partial charge in [-0.05, 0) is 43.2 Å². The zero-order chi connectivity index (χ0) is 17.2. The second-order valence-corrected chi connectivity index (χ2v) is 7.92. The summed E-state index contributed by atoms with van der Waals surface area (Å²) in [6.45, 7) is 1.08. The first kappa shape index (κ1) is 17.0. The molecule has 1 aliphatic rings. The van der Waals surface area contributed by atoms with E-state index < -0.39 is 10.0 Å². The summed E-state index contributed by atoms with van der Waals surface area (Å²) in [5.74, 6) is -0.378. The van der Waals surface area contributed by atoms with Crippen LogP contribution in [-0.4, -0.2) is 31.7 Å². The van der Waals surface area contributed by atoms with Gasteiger partial charge in [0.05, 0.1) is 15.5 Å². The molecule has 0 radical (unpaired) electrons. The van der Waals surface area contributed by atoms with Gasteiger partial charge in [-0.25, -0.2) is 8.42 Å². The number of hydrogen-bond donors (Lipinski definition) is 1. The van der Waals surface area contributed by atoms with Crippen LogP contribution in [0.25, 0.3) is 0 Å². The fourth-order valence-electron chi connectivity index (χ4n) is 2.66. The maximum Gasteiger partial charge on any atom is 0.257 e. The van der Waals surface area contributed by atoms with Crippen LogP contribution in [0.15, 0.2) is 53.4 Å². The smallest absolute Gasteiger partial charge is 0.257 e. The lowest BCUT2D eigenvalue weighted by Crippen LogP contribution is -2.27. The van der Waals surface area contributed by atoms with Crippen molar-refractivity contribution >= 4 is 33.2 Å². The summed E-state index contributed by atoms with van der Waals surface area (Å²) in [5, 5.41) is 3.04. The van der Waals surface area contributed by atoms with E-state index in [1.807, 2.05) is 0 Å². The largest absolute Gasteiger partial charge is 0.322 e. The molecule has 1 aliphatic heterocycles. The summed E-state index contributed by atoms with van der Waals surface area (Å²) in [7, 11) is -3.51. The van der Waals surface area contributed by atoms with Crippen molar-refractivity contribution in [1.29, 1.82) is 0 Å². The third-order valence-electron chi connectivity index (χ3n) is 3.91. The van der Waals surface area contributed by atoms with Crippen LogP contribution in [-0.2, 0) is 10.0 Å². The molecule has 1 N–H and O–H groups in total. The molecular weight excluding hydrogens is 348 g/mol. The molecule has 1 amide bonds. The van der Waals surface area contributed by atoms with Gasteiger partial charge in [0, 0.05) is 18.8 Å². The fourth-order valence-corrected chi connectivity index (χ4v) is 4.44.